The van der Waals surface area contributed by atoms with Gasteiger partial charge in [-0.05, 0) is 35.4 Å². The Kier molecular flexibility index (Phi) is 4.89. The van der Waals surface area contributed by atoms with Crippen molar-refractivity contribution in [1.82, 2.24) is 19.1 Å². The van der Waals surface area contributed by atoms with Crippen molar-refractivity contribution in [1.29, 1.82) is 0 Å². The van der Waals surface area contributed by atoms with Crippen molar-refractivity contribution in [3.05, 3.63) is 97.1 Å². The van der Waals surface area contributed by atoms with E-state index in [9.17, 15) is 4.79 Å². The maximum absolute atomic E-state index is 13.0. The van der Waals surface area contributed by atoms with Gasteiger partial charge in [0.15, 0.2) is 0 Å². The molecule has 2 aromatic carbocycles. The SMILES string of the molecule is CC(C(=O)C(C)c1ccc(-n2ccnc2)cc1)c1ccc(-n2ccnc2)cc1. The molecule has 0 aliphatic rings. The Balaban J connectivity index is 1.48. The number of nitrogens with zero attached hydrogens (tertiary/aromatic N) is 4. The molecule has 0 saturated heterocycles. The summed E-state index contributed by atoms with van der Waals surface area (Å²) < 4.78 is 3.89. The van der Waals surface area contributed by atoms with Gasteiger partial charge in [-0.2, -0.15) is 0 Å². The summed E-state index contributed by atoms with van der Waals surface area (Å²) in [5.74, 6) is -0.119. The van der Waals surface area contributed by atoms with Crippen LogP contribution >= 0.6 is 0 Å². The molecular formula is C23H22N4O. The van der Waals surface area contributed by atoms with E-state index in [0.29, 0.717) is 0 Å². The number of imidazole rings is 2. The van der Waals surface area contributed by atoms with Crippen LogP contribution in [0.15, 0.2) is 86.0 Å². The van der Waals surface area contributed by atoms with Gasteiger partial charge in [0.25, 0.3) is 0 Å². The summed E-state index contributed by atoms with van der Waals surface area (Å²) in [6.45, 7) is 3.95. The Bertz CT molecular complexity index is 947. The quantitative estimate of drug-likeness (QED) is 0.501. The van der Waals surface area contributed by atoms with Crippen molar-refractivity contribution in [2.45, 2.75) is 25.7 Å². The zero-order chi connectivity index (χ0) is 19.5. The van der Waals surface area contributed by atoms with Crippen LogP contribution in [0.1, 0.15) is 36.8 Å². The molecule has 0 aliphatic carbocycles. The van der Waals surface area contributed by atoms with Crippen molar-refractivity contribution in [3.63, 3.8) is 0 Å². The number of carbonyl (C=O) groups excluding carboxylic acids is 1. The van der Waals surface area contributed by atoms with Crippen LogP contribution in [0.4, 0.5) is 0 Å². The number of aromatic nitrogens is 4. The van der Waals surface area contributed by atoms with E-state index in [1.165, 1.54) is 0 Å². The molecule has 4 aromatic rings. The summed E-state index contributed by atoms with van der Waals surface area (Å²) in [5.41, 5.74) is 4.11. The number of ketones is 1. The van der Waals surface area contributed by atoms with E-state index < -0.39 is 0 Å². The second-order valence-electron chi connectivity index (χ2n) is 6.97. The number of carbonyl (C=O) groups is 1. The Morgan fingerprint density at radius 3 is 1.43 bits per heavy atom. The van der Waals surface area contributed by atoms with Crippen molar-refractivity contribution in [2.75, 3.05) is 0 Å². The van der Waals surface area contributed by atoms with Crippen molar-refractivity contribution in [3.8, 4) is 11.4 Å². The normalized spacial score (nSPS) is 13.2. The molecule has 0 spiro atoms. The summed E-state index contributed by atoms with van der Waals surface area (Å²) in [5, 5.41) is 0. The van der Waals surface area contributed by atoms with E-state index in [1.54, 1.807) is 25.0 Å². The summed E-state index contributed by atoms with van der Waals surface area (Å²) in [6.07, 6.45) is 10.8. The van der Waals surface area contributed by atoms with E-state index >= 15 is 0 Å². The van der Waals surface area contributed by atoms with Crippen molar-refractivity contribution >= 4 is 5.78 Å². The zero-order valence-corrected chi connectivity index (χ0v) is 15.9. The lowest BCUT2D eigenvalue weighted by atomic mass is 9.86. The van der Waals surface area contributed by atoms with Gasteiger partial charge in [0.2, 0.25) is 0 Å². The summed E-state index contributed by atoms with van der Waals surface area (Å²) in [7, 11) is 0. The lowest BCUT2D eigenvalue weighted by Gasteiger charge is -2.18. The fourth-order valence-corrected chi connectivity index (χ4v) is 3.40. The van der Waals surface area contributed by atoms with Gasteiger partial charge in [-0.15, -0.1) is 0 Å². The number of Topliss-reactive ketones (excluding diaryl/α,β-unsaturated/α-hetero) is 1. The highest BCUT2D eigenvalue weighted by atomic mass is 16.1. The summed E-state index contributed by atoms with van der Waals surface area (Å²) >= 11 is 0. The predicted molar refractivity (Wildman–Crippen MR) is 109 cm³/mol. The van der Waals surface area contributed by atoms with Gasteiger partial charge in [0.1, 0.15) is 5.78 Å². The molecule has 140 valence electrons. The highest BCUT2D eigenvalue weighted by Gasteiger charge is 2.23. The molecule has 0 fully saturated rings. The third-order valence-electron chi connectivity index (χ3n) is 5.24. The maximum Gasteiger partial charge on any atom is 0.147 e. The zero-order valence-electron chi connectivity index (χ0n) is 15.9. The monoisotopic (exact) mass is 370 g/mol. The highest BCUT2D eigenvalue weighted by Crippen LogP contribution is 2.27. The van der Waals surface area contributed by atoms with Crippen molar-refractivity contribution in [2.24, 2.45) is 0 Å². The van der Waals surface area contributed by atoms with E-state index in [1.807, 2.05) is 83.9 Å². The first kappa shape index (κ1) is 17.9. The van der Waals surface area contributed by atoms with Crippen LogP contribution < -0.4 is 0 Å². The Labute approximate surface area is 164 Å². The predicted octanol–water partition coefficient (Wildman–Crippen LogP) is 4.53. The van der Waals surface area contributed by atoms with Crippen LogP contribution in [0, 0.1) is 0 Å². The van der Waals surface area contributed by atoms with Crippen LogP contribution in [0.5, 0.6) is 0 Å². The molecule has 5 heteroatoms. The van der Waals surface area contributed by atoms with Gasteiger partial charge in [-0.1, -0.05) is 38.1 Å². The second kappa shape index (κ2) is 7.64. The van der Waals surface area contributed by atoms with Crippen molar-refractivity contribution < 1.29 is 4.79 Å². The summed E-state index contributed by atoms with van der Waals surface area (Å²) in [4.78, 5) is 21.2. The average molecular weight is 370 g/mol. The first-order chi connectivity index (χ1) is 13.6. The molecule has 0 aliphatic heterocycles. The molecule has 28 heavy (non-hydrogen) atoms. The third kappa shape index (κ3) is 3.51. The van der Waals surface area contributed by atoms with Crippen LogP contribution in [0.2, 0.25) is 0 Å². The number of hydrogen-bond acceptors (Lipinski definition) is 3. The fourth-order valence-electron chi connectivity index (χ4n) is 3.40. The van der Waals surface area contributed by atoms with Crippen LogP contribution in [-0.4, -0.2) is 24.9 Å². The first-order valence-corrected chi connectivity index (χ1v) is 9.34. The molecule has 2 unspecified atom stereocenters. The molecule has 2 aromatic heterocycles. The minimum absolute atomic E-state index is 0.167. The minimum Gasteiger partial charge on any atom is -0.306 e. The van der Waals surface area contributed by atoms with Gasteiger partial charge in [0, 0.05) is 48.0 Å². The lowest BCUT2D eigenvalue weighted by molar-refractivity contribution is -0.121. The molecule has 5 nitrogen and oxygen atoms in total. The van der Waals surface area contributed by atoms with Crippen LogP contribution in [0.3, 0.4) is 0 Å². The molecule has 2 heterocycles. The smallest absolute Gasteiger partial charge is 0.147 e. The molecule has 0 N–H and O–H groups in total. The average Bonchev–Trinajstić information content (AvgIpc) is 3.47. The van der Waals surface area contributed by atoms with Crippen LogP contribution in [0.25, 0.3) is 11.4 Å². The standard InChI is InChI=1S/C23H22N4O/c1-17(19-3-7-21(8-4-19)26-13-11-24-15-26)23(28)18(2)20-5-9-22(10-6-20)27-14-12-25-16-27/h3-18H,1-2H3. The Morgan fingerprint density at radius 2 is 1.11 bits per heavy atom. The van der Waals surface area contributed by atoms with E-state index in [-0.39, 0.29) is 17.6 Å². The molecular weight excluding hydrogens is 348 g/mol. The number of hydrogen-bond donors (Lipinski definition) is 0. The lowest BCUT2D eigenvalue weighted by Crippen LogP contribution is -2.16. The first-order valence-electron chi connectivity index (χ1n) is 9.34. The van der Waals surface area contributed by atoms with Crippen LogP contribution in [-0.2, 0) is 4.79 Å². The fraction of sp³-hybridized carbons (Fsp3) is 0.174. The van der Waals surface area contributed by atoms with E-state index in [4.69, 9.17) is 0 Å². The van der Waals surface area contributed by atoms with Gasteiger partial charge < -0.3 is 9.13 Å². The second-order valence-corrected chi connectivity index (χ2v) is 6.97. The highest BCUT2D eigenvalue weighted by molar-refractivity contribution is 5.91. The van der Waals surface area contributed by atoms with Gasteiger partial charge in [-0.3, -0.25) is 4.79 Å². The van der Waals surface area contributed by atoms with Gasteiger partial charge in [0.05, 0.1) is 12.7 Å². The molecule has 0 saturated carbocycles. The largest absolute Gasteiger partial charge is 0.306 e. The van der Waals surface area contributed by atoms with E-state index in [0.717, 1.165) is 22.5 Å². The third-order valence-corrected chi connectivity index (χ3v) is 5.24. The molecule has 4 rings (SSSR count). The topological polar surface area (TPSA) is 52.7 Å². The molecule has 0 radical (unpaired) electrons. The molecule has 2 atom stereocenters. The Morgan fingerprint density at radius 1 is 0.714 bits per heavy atom. The van der Waals surface area contributed by atoms with E-state index in [2.05, 4.69) is 9.97 Å². The number of rotatable bonds is 6. The molecule has 0 bridgehead atoms. The van der Waals surface area contributed by atoms with Gasteiger partial charge >= 0.3 is 0 Å². The molecule has 0 amide bonds. The summed E-state index contributed by atoms with van der Waals surface area (Å²) in [6, 6.07) is 16.2. The Hall–Kier alpha value is -3.47. The maximum atomic E-state index is 13.0. The number of benzene rings is 2. The minimum atomic E-state index is -0.167. The van der Waals surface area contributed by atoms with Gasteiger partial charge in [-0.25, -0.2) is 9.97 Å².